The van der Waals surface area contributed by atoms with Crippen molar-refractivity contribution in [3.8, 4) is 5.75 Å². The van der Waals surface area contributed by atoms with Gasteiger partial charge in [-0.25, -0.2) is 9.82 Å². The van der Waals surface area contributed by atoms with Gasteiger partial charge in [0.2, 0.25) is 0 Å². The number of benzene rings is 2. The van der Waals surface area contributed by atoms with E-state index in [0.717, 1.165) is 11.1 Å². The van der Waals surface area contributed by atoms with Crippen LogP contribution >= 0.6 is 0 Å². The fourth-order valence-corrected chi connectivity index (χ4v) is 2.07. The van der Waals surface area contributed by atoms with E-state index in [1.54, 1.807) is 19.2 Å². The number of rotatable bonds is 4. The first-order chi connectivity index (χ1) is 9.15. The first kappa shape index (κ1) is 13.5. The van der Waals surface area contributed by atoms with Crippen molar-refractivity contribution in [3.63, 3.8) is 0 Å². The number of halogens is 1. The van der Waals surface area contributed by atoms with Crippen molar-refractivity contribution >= 4 is 0 Å². The molecule has 0 fully saturated rings. The zero-order valence-corrected chi connectivity index (χ0v) is 11.0. The Labute approximate surface area is 112 Å². The molecule has 0 aliphatic rings. The molecule has 100 valence electrons. The molecule has 0 saturated heterocycles. The lowest BCUT2D eigenvalue weighted by molar-refractivity contribution is 0.413. The first-order valence-corrected chi connectivity index (χ1v) is 6.02. The molecule has 3 nitrogen and oxygen atoms in total. The molecule has 2 rings (SSSR count). The molecule has 4 heteroatoms. The smallest absolute Gasteiger partial charge is 0.128 e. The standard InChI is InChI=1S/C15H17FN2O/c1-10-6-7-14(16)13(8-10)15(18-17)11-4-3-5-12(9-11)19-2/h3-9,15,18H,17H2,1-2H3. The highest BCUT2D eigenvalue weighted by Crippen LogP contribution is 2.27. The highest BCUT2D eigenvalue weighted by atomic mass is 19.1. The Morgan fingerprint density at radius 1 is 1.21 bits per heavy atom. The number of hydrazine groups is 1. The number of methoxy groups -OCH3 is 1. The number of hydrogen-bond donors (Lipinski definition) is 2. The monoisotopic (exact) mass is 260 g/mol. The van der Waals surface area contributed by atoms with Crippen molar-refractivity contribution in [1.82, 2.24) is 5.43 Å². The van der Waals surface area contributed by atoms with Crippen LogP contribution in [-0.2, 0) is 0 Å². The maximum absolute atomic E-state index is 13.9. The Hall–Kier alpha value is -1.91. The Morgan fingerprint density at radius 3 is 2.68 bits per heavy atom. The van der Waals surface area contributed by atoms with Crippen LogP contribution in [0.4, 0.5) is 4.39 Å². The van der Waals surface area contributed by atoms with Gasteiger partial charge in [0.05, 0.1) is 13.2 Å². The topological polar surface area (TPSA) is 47.3 Å². The normalized spacial score (nSPS) is 12.2. The summed E-state index contributed by atoms with van der Waals surface area (Å²) in [7, 11) is 1.59. The molecule has 0 saturated carbocycles. The summed E-state index contributed by atoms with van der Waals surface area (Å²) in [6.07, 6.45) is 0. The summed E-state index contributed by atoms with van der Waals surface area (Å²) in [6.45, 7) is 1.92. The van der Waals surface area contributed by atoms with E-state index in [2.05, 4.69) is 5.43 Å². The van der Waals surface area contributed by atoms with Crippen LogP contribution in [0, 0.1) is 12.7 Å². The maximum Gasteiger partial charge on any atom is 0.128 e. The van der Waals surface area contributed by atoms with Crippen LogP contribution in [0.5, 0.6) is 5.75 Å². The van der Waals surface area contributed by atoms with E-state index in [-0.39, 0.29) is 5.82 Å². The molecule has 1 atom stereocenters. The Bertz CT molecular complexity index is 572. The molecule has 0 bridgehead atoms. The van der Waals surface area contributed by atoms with Gasteiger partial charge in [0.15, 0.2) is 0 Å². The first-order valence-electron chi connectivity index (χ1n) is 6.02. The van der Waals surface area contributed by atoms with Gasteiger partial charge in [-0.15, -0.1) is 0 Å². The molecule has 0 radical (unpaired) electrons. The fourth-order valence-electron chi connectivity index (χ4n) is 2.07. The van der Waals surface area contributed by atoms with Gasteiger partial charge in [-0.2, -0.15) is 0 Å². The van der Waals surface area contributed by atoms with Crippen LogP contribution in [0.3, 0.4) is 0 Å². The van der Waals surface area contributed by atoms with E-state index in [1.165, 1.54) is 6.07 Å². The summed E-state index contributed by atoms with van der Waals surface area (Å²) in [4.78, 5) is 0. The van der Waals surface area contributed by atoms with Crippen LogP contribution in [0.2, 0.25) is 0 Å². The van der Waals surface area contributed by atoms with E-state index in [4.69, 9.17) is 10.6 Å². The van der Waals surface area contributed by atoms with E-state index in [0.29, 0.717) is 11.3 Å². The van der Waals surface area contributed by atoms with Crippen LogP contribution in [0.1, 0.15) is 22.7 Å². The van der Waals surface area contributed by atoms with Crippen molar-refractivity contribution in [3.05, 3.63) is 65.0 Å². The minimum Gasteiger partial charge on any atom is -0.497 e. The minimum atomic E-state index is -0.407. The van der Waals surface area contributed by atoms with Crippen LogP contribution in [-0.4, -0.2) is 7.11 Å². The number of nitrogens with two attached hydrogens (primary N) is 1. The summed E-state index contributed by atoms with van der Waals surface area (Å²) < 4.78 is 19.1. The molecular weight excluding hydrogens is 243 g/mol. The third-order valence-electron chi connectivity index (χ3n) is 3.06. The molecule has 3 N–H and O–H groups in total. The third kappa shape index (κ3) is 2.92. The molecule has 19 heavy (non-hydrogen) atoms. The lowest BCUT2D eigenvalue weighted by Crippen LogP contribution is -2.29. The van der Waals surface area contributed by atoms with Crippen molar-refractivity contribution < 1.29 is 9.13 Å². The molecule has 0 amide bonds. The molecule has 0 aliphatic carbocycles. The summed E-state index contributed by atoms with van der Waals surface area (Å²) in [5.74, 6) is 6.02. The van der Waals surface area contributed by atoms with Crippen LogP contribution < -0.4 is 16.0 Å². The predicted octanol–water partition coefficient (Wildman–Crippen LogP) is 2.70. The van der Waals surface area contributed by atoms with E-state index in [1.807, 2.05) is 31.2 Å². The van der Waals surface area contributed by atoms with E-state index < -0.39 is 6.04 Å². The molecular formula is C15H17FN2O. The lowest BCUT2D eigenvalue weighted by Gasteiger charge is -2.18. The number of aryl methyl sites for hydroxylation is 1. The molecule has 1 unspecified atom stereocenters. The highest BCUT2D eigenvalue weighted by molar-refractivity contribution is 5.38. The largest absolute Gasteiger partial charge is 0.497 e. The summed E-state index contributed by atoms with van der Waals surface area (Å²) in [5, 5.41) is 0. The molecule has 0 aromatic heterocycles. The van der Waals surface area contributed by atoms with Gasteiger partial charge in [-0.3, -0.25) is 5.84 Å². The molecule has 0 spiro atoms. The summed E-state index contributed by atoms with van der Waals surface area (Å²) >= 11 is 0. The van der Waals surface area contributed by atoms with Crippen LogP contribution in [0.25, 0.3) is 0 Å². The second-order valence-corrected chi connectivity index (χ2v) is 4.40. The van der Waals surface area contributed by atoms with Gasteiger partial charge in [-0.05, 0) is 30.7 Å². The lowest BCUT2D eigenvalue weighted by atomic mass is 9.97. The van der Waals surface area contributed by atoms with Gasteiger partial charge in [0.1, 0.15) is 11.6 Å². The SMILES string of the molecule is COc1cccc(C(NN)c2cc(C)ccc2F)c1. The third-order valence-corrected chi connectivity index (χ3v) is 3.06. The molecule has 0 aliphatic heterocycles. The van der Waals surface area contributed by atoms with Gasteiger partial charge in [0, 0.05) is 5.56 Å². The maximum atomic E-state index is 13.9. The number of nitrogens with one attached hydrogen (secondary N) is 1. The minimum absolute atomic E-state index is 0.281. The number of ether oxygens (including phenoxy) is 1. The zero-order valence-electron chi connectivity index (χ0n) is 11.0. The van der Waals surface area contributed by atoms with Crippen molar-refractivity contribution in [2.24, 2.45) is 5.84 Å². The van der Waals surface area contributed by atoms with Crippen molar-refractivity contribution in [2.75, 3.05) is 7.11 Å². The Balaban J connectivity index is 2.46. The Kier molecular flexibility index (Phi) is 4.14. The van der Waals surface area contributed by atoms with Crippen molar-refractivity contribution in [1.29, 1.82) is 0 Å². The van der Waals surface area contributed by atoms with E-state index >= 15 is 0 Å². The molecule has 0 heterocycles. The van der Waals surface area contributed by atoms with Gasteiger partial charge in [-0.1, -0.05) is 29.8 Å². The van der Waals surface area contributed by atoms with Gasteiger partial charge >= 0.3 is 0 Å². The van der Waals surface area contributed by atoms with Gasteiger partial charge in [0.25, 0.3) is 0 Å². The number of hydrogen-bond acceptors (Lipinski definition) is 3. The second kappa shape index (κ2) is 5.82. The van der Waals surface area contributed by atoms with Gasteiger partial charge < -0.3 is 4.74 Å². The zero-order chi connectivity index (χ0) is 13.8. The second-order valence-electron chi connectivity index (χ2n) is 4.40. The Morgan fingerprint density at radius 2 is 2.00 bits per heavy atom. The fraction of sp³-hybridized carbons (Fsp3) is 0.200. The quantitative estimate of drug-likeness (QED) is 0.656. The van der Waals surface area contributed by atoms with E-state index in [9.17, 15) is 4.39 Å². The summed E-state index contributed by atoms with van der Waals surface area (Å²) in [6, 6.07) is 12.0. The van der Waals surface area contributed by atoms with Crippen molar-refractivity contribution in [2.45, 2.75) is 13.0 Å². The predicted molar refractivity (Wildman–Crippen MR) is 73.3 cm³/mol. The highest BCUT2D eigenvalue weighted by Gasteiger charge is 2.17. The summed E-state index contributed by atoms with van der Waals surface area (Å²) in [5.41, 5.74) is 5.02. The average Bonchev–Trinajstić information content (AvgIpc) is 2.44. The molecule has 2 aromatic carbocycles. The average molecular weight is 260 g/mol. The van der Waals surface area contributed by atoms with Crippen LogP contribution in [0.15, 0.2) is 42.5 Å². The molecule has 2 aromatic rings.